The van der Waals surface area contributed by atoms with Gasteiger partial charge in [0.05, 0.1) is 0 Å². The van der Waals surface area contributed by atoms with E-state index in [-0.39, 0.29) is 11.7 Å². The molecule has 18 heavy (non-hydrogen) atoms. The Morgan fingerprint density at radius 1 is 1.39 bits per heavy atom. The van der Waals surface area contributed by atoms with Crippen LogP contribution in [0.5, 0.6) is 11.6 Å². The molecule has 2 N–H and O–H groups in total. The monoisotopic (exact) mass is 266 g/mol. The fourth-order valence-electron chi connectivity index (χ4n) is 1.52. The zero-order chi connectivity index (χ0) is 13.1. The van der Waals surface area contributed by atoms with Gasteiger partial charge < -0.3 is 10.5 Å². The van der Waals surface area contributed by atoms with E-state index in [1.165, 1.54) is 18.2 Å². The minimum atomic E-state index is -0.311. The van der Waals surface area contributed by atoms with Crippen molar-refractivity contribution in [3.05, 3.63) is 52.4 Å². The summed E-state index contributed by atoms with van der Waals surface area (Å²) in [5.41, 5.74) is 6.97. The molecular weight excluding hydrogens is 255 g/mol. The van der Waals surface area contributed by atoms with Crippen LogP contribution in [0.3, 0.4) is 0 Å². The molecule has 94 valence electrons. The summed E-state index contributed by atoms with van der Waals surface area (Å²) in [5, 5.41) is 0.378. The van der Waals surface area contributed by atoms with Gasteiger partial charge in [0.25, 0.3) is 0 Å². The molecule has 3 nitrogen and oxygen atoms in total. The van der Waals surface area contributed by atoms with Crippen molar-refractivity contribution in [1.29, 1.82) is 0 Å². The van der Waals surface area contributed by atoms with E-state index in [4.69, 9.17) is 22.1 Å². The van der Waals surface area contributed by atoms with E-state index in [1.807, 2.05) is 0 Å². The number of benzene rings is 1. The molecule has 0 aliphatic heterocycles. The molecule has 2 aromatic rings. The Kier molecular flexibility index (Phi) is 3.79. The van der Waals surface area contributed by atoms with E-state index in [0.717, 1.165) is 5.56 Å². The van der Waals surface area contributed by atoms with Crippen LogP contribution in [0.1, 0.15) is 11.1 Å². The number of halogens is 2. The normalized spacial score (nSPS) is 10.4. The first-order valence-electron chi connectivity index (χ1n) is 5.39. The van der Waals surface area contributed by atoms with Crippen molar-refractivity contribution in [3.63, 3.8) is 0 Å². The first-order valence-corrected chi connectivity index (χ1v) is 5.77. The maximum Gasteiger partial charge on any atom is 0.238 e. The van der Waals surface area contributed by atoms with Gasteiger partial charge >= 0.3 is 0 Å². The highest BCUT2D eigenvalue weighted by Gasteiger charge is 2.10. The van der Waals surface area contributed by atoms with Gasteiger partial charge in [0.2, 0.25) is 5.88 Å². The molecule has 0 amide bonds. The number of rotatable bonds is 3. The number of aromatic nitrogens is 1. The molecule has 0 fully saturated rings. The minimum Gasteiger partial charge on any atom is -0.437 e. The second-order valence-corrected chi connectivity index (χ2v) is 4.18. The van der Waals surface area contributed by atoms with Gasteiger partial charge in [0, 0.05) is 12.7 Å². The third-order valence-corrected chi connectivity index (χ3v) is 2.91. The first-order chi connectivity index (χ1) is 8.61. The molecule has 0 spiro atoms. The first kappa shape index (κ1) is 12.8. The van der Waals surface area contributed by atoms with E-state index in [1.54, 1.807) is 19.2 Å². The predicted octanol–water partition coefficient (Wildman–Crippen LogP) is 3.43. The molecule has 1 heterocycles. The molecule has 0 saturated carbocycles. The summed E-state index contributed by atoms with van der Waals surface area (Å²) in [5.74, 6) is 0.476. The van der Waals surface area contributed by atoms with Gasteiger partial charge in [-0.3, -0.25) is 0 Å². The van der Waals surface area contributed by atoms with Crippen LogP contribution in [0.25, 0.3) is 0 Å². The summed E-state index contributed by atoms with van der Waals surface area (Å²) in [4.78, 5) is 4.04. The fraction of sp³-hybridized carbons (Fsp3) is 0.154. The molecular formula is C13H12ClFN2O. The van der Waals surface area contributed by atoms with E-state index in [2.05, 4.69) is 4.98 Å². The number of pyridine rings is 1. The Balaban J connectivity index is 2.34. The molecule has 1 aromatic carbocycles. The Morgan fingerprint density at radius 2 is 2.17 bits per heavy atom. The van der Waals surface area contributed by atoms with Crippen LogP contribution in [0.4, 0.5) is 4.39 Å². The third kappa shape index (κ3) is 2.60. The molecule has 0 saturated heterocycles. The molecule has 0 aliphatic carbocycles. The summed E-state index contributed by atoms with van der Waals surface area (Å²) >= 11 is 6.10. The van der Waals surface area contributed by atoms with E-state index < -0.39 is 0 Å². The van der Waals surface area contributed by atoms with Crippen molar-refractivity contribution in [1.82, 2.24) is 4.98 Å². The number of hydrogen-bond acceptors (Lipinski definition) is 3. The molecule has 0 unspecified atom stereocenters. The van der Waals surface area contributed by atoms with Gasteiger partial charge in [0.15, 0.2) is 0 Å². The Hall–Kier alpha value is -1.65. The van der Waals surface area contributed by atoms with Gasteiger partial charge in [-0.1, -0.05) is 11.6 Å². The van der Waals surface area contributed by atoms with E-state index >= 15 is 0 Å². The average Bonchev–Trinajstić information content (AvgIpc) is 2.35. The maximum atomic E-state index is 13.0. The zero-order valence-electron chi connectivity index (χ0n) is 9.78. The van der Waals surface area contributed by atoms with Crippen molar-refractivity contribution in [3.8, 4) is 11.6 Å². The topological polar surface area (TPSA) is 48.1 Å². The van der Waals surface area contributed by atoms with Crippen molar-refractivity contribution in [2.75, 3.05) is 0 Å². The molecule has 0 atom stereocenters. The SMILES string of the molecule is Cc1cc(F)ccc1Oc1nccc(CN)c1Cl. The molecule has 2 rings (SSSR count). The Labute approximate surface area is 109 Å². The number of nitrogens with two attached hydrogens (primary N) is 1. The van der Waals surface area contributed by atoms with Gasteiger partial charge in [-0.2, -0.15) is 0 Å². The van der Waals surface area contributed by atoms with Crippen LogP contribution in [-0.4, -0.2) is 4.98 Å². The second kappa shape index (κ2) is 5.33. The lowest BCUT2D eigenvalue weighted by molar-refractivity contribution is 0.457. The van der Waals surface area contributed by atoms with Crippen LogP contribution < -0.4 is 10.5 Å². The third-order valence-electron chi connectivity index (χ3n) is 2.50. The highest BCUT2D eigenvalue weighted by atomic mass is 35.5. The number of hydrogen-bond donors (Lipinski definition) is 1. The summed E-state index contributed by atoms with van der Waals surface area (Å²) in [7, 11) is 0. The second-order valence-electron chi connectivity index (χ2n) is 3.81. The summed E-state index contributed by atoms with van der Waals surface area (Å²) in [6, 6.07) is 5.98. The minimum absolute atomic E-state index is 0.273. The lowest BCUT2D eigenvalue weighted by Crippen LogP contribution is -2.00. The molecule has 1 aromatic heterocycles. The lowest BCUT2D eigenvalue weighted by Gasteiger charge is -2.10. The van der Waals surface area contributed by atoms with E-state index in [9.17, 15) is 4.39 Å². The molecule has 0 bridgehead atoms. The highest BCUT2D eigenvalue weighted by Crippen LogP contribution is 2.31. The molecule has 0 radical (unpaired) electrons. The Morgan fingerprint density at radius 3 is 2.83 bits per heavy atom. The number of nitrogens with zero attached hydrogens (tertiary/aromatic N) is 1. The molecule has 0 aliphatic rings. The van der Waals surface area contributed by atoms with Crippen molar-refractivity contribution >= 4 is 11.6 Å². The van der Waals surface area contributed by atoms with Crippen LogP contribution in [0.2, 0.25) is 5.02 Å². The number of ether oxygens (including phenoxy) is 1. The fourth-order valence-corrected chi connectivity index (χ4v) is 1.75. The maximum absolute atomic E-state index is 13.0. The Bertz CT molecular complexity index is 575. The van der Waals surface area contributed by atoms with Gasteiger partial charge in [-0.25, -0.2) is 9.37 Å². The highest BCUT2D eigenvalue weighted by molar-refractivity contribution is 6.32. The van der Waals surface area contributed by atoms with Crippen LogP contribution in [0, 0.1) is 12.7 Å². The summed E-state index contributed by atoms with van der Waals surface area (Å²) < 4.78 is 18.5. The predicted molar refractivity (Wildman–Crippen MR) is 68.3 cm³/mol. The van der Waals surface area contributed by atoms with Crippen molar-refractivity contribution < 1.29 is 9.13 Å². The van der Waals surface area contributed by atoms with Crippen LogP contribution in [-0.2, 0) is 6.54 Å². The van der Waals surface area contributed by atoms with Gasteiger partial charge in [-0.05, 0) is 42.3 Å². The summed E-state index contributed by atoms with van der Waals surface area (Å²) in [6.45, 7) is 2.05. The van der Waals surface area contributed by atoms with Crippen molar-refractivity contribution in [2.24, 2.45) is 5.73 Å². The smallest absolute Gasteiger partial charge is 0.238 e. The van der Waals surface area contributed by atoms with Crippen LogP contribution in [0.15, 0.2) is 30.5 Å². The van der Waals surface area contributed by atoms with Crippen LogP contribution >= 0.6 is 11.6 Å². The largest absolute Gasteiger partial charge is 0.437 e. The lowest BCUT2D eigenvalue weighted by atomic mass is 10.2. The average molecular weight is 267 g/mol. The quantitative estimate of drug-likeness (QED) is 0.926. The van der Waals surface area contributed by atoms with E-state index in [0.29, 0.717) is 22.9 Å². The molecule has 5 heteroatoms. The zero-order valence-corrected chi connectivity index (χ0v) is 10.5. The van der Waals surface area contributed by atoms with Crippen molar-refractivity contribution in [2.45, 2.75) is 13.5 Å². The summed E-state index contributed by atoms with van der Waals surface area (Å²) in [6.07, 6.45) is 1.57. The van der Waals surface area contributed by atoms with Gasteiger partial charge in [-0.15, -0.1) is 0 Å². The number of aryl methyl sites for hydroxylation is 1. The van der Waals surface area contributed by atoms with Gasteiger partial charge in [0.1, 0.15) is 16.6 Å². The standard InChI is InChI=1S/C13H12ClFN2O/c1-8-6-10(15)2-3-11(8)18-13-12(14)9(7-16)4-5-17-13/h2-6H,7,16H2,1H3.